The van der Waals surface area contributed by atoms with Gasteiger partial charge in [0.05, 0.1) is 0 Å². The van der Waals surface area contributed by atoms with Crippen LogP contribution in [0.4, 0.5) is 5.69 Å². The van der Waals surface area contributed by atoms with Crippen molar-refractivity contribution >= 4 is 53.5 Å². The van der Waals surface area contributed by atoms with E-state index in [9.17, 15) is 0 Å². The molecule has 2 rings (SSSR count). The Balaban J connectivity index is 2.22. The van der Waals surface area contributed by atoms with Crippen molar-refractivity contribution in [3.63, 3.8) is 0 Å². The molecule has 0 aliphatic carbocycles. The highest BCUT2D eigenvalue weighted by atomic mass is 79.9. The van der Waals surface area contributed by atoms with Crippen LogP contribution >= 0.6 is 47.8 Å². The molecule has 0 fully saturated rings. The van der Waals surface area contributed by atoms with E-state index in [0.717, 1.165) is 19.1 Å². The Hall–Kier alpha value is -0.320. The van der Waals surface area contributed by atoms with Crippen LogP contribution in [0.15, 0.2) is 49.8 Å². The van der Waals surface area contributed by atoms with Gasteiger partial charge < -0.3 is 5.32 Å². The molecular formula is C15H14Br3N. The van der Waals surface area contributed by atoms with E-state index in [1.165, 1.54) is 11.1 Å². The van der Waals surface area contributed by atoms with Gasteiger partial charge in [0.1, 0.15) is 0 Å². The fraction of sp³-hybridized carbons (Fsp3) is 0.200. The van der Waals surface area contributed by atoms with Gasteiger partial charge >= 0.3 is 0 Å². The number of halogens is 3. The molecule has 1 unspecified atom stereocenters. The Morgan fingerprint density at radius 2 is 1.68 bits per heavy atom. The van der Waals surface area contributed by atoms with Gasteiger partial charge in [-0.15, -0.1) is 0 Å². The molecule has 0 heterocycles. The maximum Gasteiger partial charge on any atom is 0.0496 e. The molecule has 2 aromatic carbocycles. The average Bonchev–Trinajstić information content (AvgIpc) is 2.26. The van der Waals surface area contributed by atoms with Crippen molar-refractivity contribution < 1.29 is 0 Å². The predicted molar refractivity (Wildman–Crippen MR) is 92.8 cm³/mol. The zero-order valence-electron chi connectivity index (χ0n) is 10.7. The van der Waals surface area contributed by atoms with E-state index in [2.05, 4.69) is 103 Å². The third-order valence-electron chi connectivity index (χ3n) is 2.85. The quantitative estimate of drug-likeness (QED) is 0.569. The van der Waals surface area contributed by atoms with Gasteiger partial charge in [-0.25, -0.2) is 0 Å². The molecule has 0 amide bonds. The number of anilines is 1. The van der Waals surface area contributed by atoms with Crippen LogP contribution in [0.25, 0.3) is 0 Å². The van der Waals surface area contributed by atoms with Crippen molar-refractivity contribution in [1.82, 2.24) is 0 Å². The molecule has 0 aliphatic heterocycles. The van der Waals surface area contributed by atoms with Crippen molar-refractivity contribution in [2.45, 2.75) is 19.9 Å². The van der Waals surface area contributed by atoms with Crippen LogP contribution < -0.4 is 5.32 Å². The zero-order chi connectivity index (χ0) is 14.0. The fourth-order valence-corrected chi connectivity index (χ4v) is 4.00. The van der Waals surface area contributed by atoms with Gasteiger partial charge in [-0.3, -0.25) is 0 Å². The summed E-state index contributed by atoms with van der Waals surface area (Å²) in [6.45, 7) is 4.25. The van der Waals surface area contributed by atoms with Crippen LogP contribution in [0, 0.1) is 6.92 Å². The van der Waals surface area contributed by atoms with Gasteiger partial charge in [-0.05, 0) is 55.3 Å². The number of rotatable bonds is 3. The number of aryl methyl sites for hydroxylation is 1. The first-order chi connectivity index (χ1) is 8.95. The summed E-state index contributed by atoms with van der Waals surface area (Å²) >= 11 is 10.6. The lowest BCUT2D eigenvalue weighted by molar-refractivity contribution is 0.878. The van der Waals surface area contributed by atoms with E-state index >= 15 is 0 Å². The Morgan fingerprint density at radius 3 is 2.32 bits per heavy atom. The van der Waals surface area contributed by atoms with Crippen LogP contribution in [0.3, 0.4) is 0 Å². The van der Waals surface area contributed by atoms with Gasteiger partial charge in [0, 0.05) is 25.1 Å². The third kappa shape index (κ3) is 4.07. The standard InChI is InChI=1S/C15H14Br3N/c1-9-5-12(17)7-13(6-9)19-10(2)14-4-3-11(16)8-15(14)18/h3-8,10,19H,1-2H3. The molecule has 0 saturated carbocycles. The molecule has 0 bridgehead atoms. The summed E-state index contributed by atoms with van der Waals surface area (Å²) in [5.41, 5.74) is 3.59. The lowest BCUT2D eigenvalue weighted by Gasteiger charge is -2.18. The number of hydrogen-bond donors (Lipinski definition) is 1. The topological polar surface area (TPSA) is 12.0 Å². The van der Waals surface area contributed by atoms with Gasteiger partial charge in [0.25, 0.3) is 0 Å². The molecular weight excluding hydrogens is 434 g/mol. The SMILES string of the molecule is Cc1cc(Br)cc(NC(C)c2ccc(Br)cc2Br)c1. The molecule has 2 aromatic rings. The van der Waals surface area contributed by atoms with Gasteiger partial charge in [-0.1, -0.05) is 53.9 Å². The predicted octanol–water partition coefficient (Wildman–Crippen LogP) is 6.46. The minimum atomic E-state index is 0.233. The Kier molecular flexibility index (Phi) is 5.09. The highest BCUT2D eigenvalue weighted by Crippen LogP contribution is 2.30. The first kappa shape index (κ1) is 15.1. The Bertz CT molecular complexity index is 576. The summed E-state index contributed by atoms with van der Waals surface area (Å²) in [4.78, 5) is 0. The molecule has 0 aromatic heterocycles. The van der Waals surface area contributed by atoms with Crippen LogP contribution in [0.5, 0.6) is 0 Å². The summed E-state index contributed by atoms with van der Waals surface area (Å²) in [6, 6.07) is 12.8. The second-order valence-corrected chi connectivity index (χ2v) is 7.23. The molecule has 1 atom stereocenters. The van der Waals surface area contributed by atoms with Gasteiger partial charge in [0.2, 0.25) is 0 Å². The molecule has 0 aliphatic rings. The fourth-order valence-electron chi connectivity index (χ4n) is 2.00. The van der Waals surface area contributed by atoms with Gasteiger partial charge in [0.15, 0.2) is 0 Å². The molecule has 0 saturated heterocycles. The van der Waals surface area contributed by atoms with E-state index < -0.39 is 0 Å². The number of nitrogens with one attached hydrogen (secondary N) is 1. The largest absolute Gasteiger partial charge is 0.378 e. The van der Waals surface area contributed by atoms with Crippen LogP contribution in [-0.2, 0) is 0 Å². The Labute approximate surface area is 139 Å². The number of benzene rings is 2. The van der Waals surface area contributed by atoms with Crippen molar-refractivity contribution in [3.05, 3.63) is 60.9 Å². The van der Waals surface area contributed by atoms with E-state index in [1.54, 1.807) is 0 Å². The molecule has 1 nitrogen and oxygen atoms in total. The lowest BCUT2D eigenvalue weighted by atomic mass is 10.1. The van der Waals surface area contributed by atoms with Crippen LogP contribution in [-0.4, -0.2) is 0 Å². The average molecular weight is 448 g/mol. The normalized spacial score (nSPS) is 12.3. The van der Waals surface area contributed by atoms with Gasteiger partial charge in [-0.2, -0.15) is 0 Å². The Morgan fingerprint density at radius 1 is 0.947 bits per heavy atom. The summed E-state index contributed by atoms with van der Waals surface area (Å²) in [5, 5.41) is 3.52. The number of hydrogen-bond acceptors (Lipinski definition) is 1. The van der Waals surface area contributed by atoms with E-state index in [1.807, 2.05) is 0 Å². The highest BCUT2D eigenvalue weighted by molar-refractivity contribution is 9.11. The van der Waals surface area contributed by atoms with E-state index in [0.29, 0.717) is 0 Å². The molecule has 4 heteroatoms. The summed E-state index contributed by atoms with van der Waals surface area (Å²) in [5.74, 6) is 0. The first-order valence-corrected chi connectivity index (χ1v) is 8.32. The maximum atomic E-state index is 3.61. The maximum absolute atomic E-state index is 3.61. The lowest BCUT2D eigenvalue weighted by Crippen LogP contribution is -2.07. The monoisotopic (exact) mass is 445 g/mol. The second-order valence-electron chi connectivity index (χ2n) is 4.55. The molecule has 0 radical (unpaired) electrons. The molecule has 19 heavy (non-hydrogen) atoms. The summed E-state index contributed by atoms with van der Waals surface area (Å²) in [6.07, 6.45) is 0. The van der Waals surface area contributed by atoms with Crippen LogP contribution in [0.1, 0.15) is 24.1 Å². The smallest absolute Gasteiger partial charge is 0.0496 e. The van der Waals surface area contributed by atoms with E-state index in [4.69, 9.17) is 0 Å². The molecule has 1 N–H and O–H groups in total. The zero-order valence-corrected chi connectivity index (χ0v) is 15.4. The van der Waals surface area contributed by atoms with Crippen molar-refractivity contribution in [2.75, 3.05) is 5.32 Å². The third-order valence-corrected chi connectivity index (χ3v) is 4.49. The van der Waals surface area contributed by atoms with Crippen molar-refractivity contribution in [1.29, 1.82) is 0 Å². The minimum Gasteiger partial charge on any atom is -0.378 e. The van der Waals surface area contributed by atoms with Crippen molar-refractivity contribution in [2.24, 2.45) is 0 Å². The van der Waals surface area contributed by atoms with E-state index in [-0.39, 0.29) is 6.04 Å². The van der Waals surface area contributed by atoms with Crippen LogP contribution in [0.2, 0.25) is 0 Å². The molecule has 100 valence electrons. The first-order valence-electron chi connectivity index (χ1n) is 5.94. The summed E-state index contributed by atoms with van der Waals surface area (Å²) < 4.78 is 3.28. The van der Waals surface area contributed by atoms with Crippen molar-refractivity contribution in [3.8, 4) is 0 Å². The molecule has 0 spiro atoms. The second kappa shape index (κ2) is 6.42. The summed E-state index contributed by atoms with van der Waals surface area (Å²) in [7, 11) is 0. The highest BCUT2D eigenvalue weighted by Gasteiger charge is 2.10. The minimum absolute atomic E-state index is 0.233.